The lowest BCUT2D eigenvalue weighted by Crippen LogP contribution is -2.14. The van der Waals surface area contributed by atoms with Crippen molar-refractivity contribution in [3.63, 3.8) is 0 Å². The Labute approximate surface area is 134 Å². The van der Waals surface area contributed by atoms with E-state index in [1.165, 1.54) is 0 Å². The lowest BCUT2D eigenvalue weighted by Gasteiger charge is -2.13. The maximum atomic E-state index is 5.86. The average molecular weight is 316 g/mol. The van der Waals surface area contributed by atoms with Crippen LogP contribution in [0.5, 0.6) is 11.5 Å². The second kappa shape index (κ2) is 5.85. The number of hydrogen-bond donors (Lipinski definition) is 0. The van der Waals surface area contributed by atoms with Crippen molar-refractivity contribution in [2.45, 2.75) is 43.8 Å². The number of hydrogen-bond acceptors (Lipinski definition) is 6. The third-order valence-electron chi connectivity index (χ3n) is 4.72. The van der Waals surface area contributed by atoms with Gasteiger partial charge in [-0.15, -0.1) is 0 Å². The monoisotopic (exact) mass is 316 g/mol. The number of aromatic nitrogens is 2. The summed E-state index contributed by atoms with van der Waals surface area (Å²) in [6.45, 7) is 0. The highest BCUT2D eigenvalue weighted by Gasteiger charge is 2.44. The van der Waals surface area contributed by atoms with Crippen LogP contribution in [0.3, 0.4) is 0 Å². The zero-order valence-electron chi connectivity index (χ0n) is 13.3. The summed E-state index contributed by atoms with van der Waals surface area (Å²) >= 11 is 0. The van der Waals surface area contributed by atoms with Gasteiger partial charge in [0.25, 0.3) is 0 Å². The zero-order chi connectivity index (χ0) is 15.8. The second-order valence-corrected chi connectivity index (χ2v) is 6.13. The Balaban J connectivity index is 1.49. The molecule has 0 aliphatic carbocycles. The van der Waals surface area contributed by atoms with Crippen molar-refractivity contribution in [3.05, 3.63) is 35.5 Å². The highest BCUT2D eigenvalue weighted by molar-refractivity contribution is 5.43. The fourth-order valence-electron chi connectivity index (χ4n) is 3.56. The Morgan fingerprint density at radius 2 is 2.04 bits per heavy atom. The molecule has 23 heavy (non-hydrogen) atoms. The smallest absolute Gasteiger partial charge is 0.232 e. The highest BCUT2D eigenvalue weighted by atomic mass is 16.5. The van der Waals surface area contributed by atoms with Crippen molar-refractivity contribution in [2.75, 3.05) is 14.2 Å². The first-order chi connectivity index (χ1) is 11.3. The van der Waals surface area contributed by atoms with Gasteiger partial charge in [-0.1, -0.05) is 11.2 Å². The third-order valence-corrected chi connectivity index (χ3v) is 4.72. The summed E-state index contributed by atoms with van der Waals surface area (Å²) in [5.41, 5.74) is 1.05. The summed E-state index contributed by atoms with van der Waals surface area (Å²) in [6.07, 6.45) is 4.51. The molecule has 0 radical (unpaired) electrons. The van der Waals surface area contributed by atoms with Gasteiger partial charge in [-0.05, 0) is 37.0 Å². The summed E-state index contributed by atoms with van der Waals surface area (Å²) in [5.74, 6) is 3.09. The molecule has 2 aliphatic rings. The molecule has 3 atom stereocenters. The summed E-state index contributed by atoms with van der Waals surface area (Å²) in [7, 11) is 3.25. The summed E-state index contributed by atoms with van der Waals surface area (Å²) in [5, 5.41) is 4.12. The first-order valence-corrected chi connectivity index (χ1v) is 7.95. The van der Waals surface area contributed by atoms with Gasteiger partial charge in [-0.3, -0.25) is 0 Å². The molecule has 6 nitrogen and oxygen atoms in total. The molecule has 2 aliphatic heterocycles. The maximum absolute atomic E-state index is 5.86. The molecule has 1 aromatic heterocycles. The Morgan fingerprint density at radius 1 is 1.17 bits per heavy atom. The van der Waals surface area contributed by atoms with Crippen LogP contribution < -0.4 is 9.47 Å². The number of ether oxygens (including phenoxy) is 3. The molecule has 1 aromatic carbocycles. The van der Waals surface area contributed by atoms with Crippen LogP contribution in [0.25, 0.3) is 0 Å². The van der Waals surface area contributed by atoms with Crippen LogP contribution in [0.2, 0.25) is 0 Å². The molecular formula is C17H20N2O4. The minimum atomic E-state index is 0.259. The minimum Gasteiger partial charge on any atom is -0.493 e. The van der Waals surface area contributed by atoms with Crippen molar-refractivity contribution < 1.29 is 18.7 Å². The van der Waals surface area contributed by atoms with E-state index in [2.05, 4.69) is 10.1 Å². The lowest BCUT2D eigenvalue weighted by atomic mass is 9.89. The van der Waals surface area contributed by atoms with E-state index in [-0.39, 0.29) is 12.0 Å². The standard InChI is InChI=1S/C17H20N2O4/c1-20-14-5-3-10(7-15(14)21-2)8-16-18-17(23-19-16)12-9-11-4-6-13(12)22-11/h3,5,7,11-13H,4,6,8-9H2,1-2H3/t11-,12+,13+/m1/s1. The average Bonchev–Trinajstić information content (AvgIpc) is 3.31. The highest BCUT2D eigenvalue weighted by Crippen LogP contribution is 2.43. The van der Waals surface area contributed by atoms with Crippen LogP contribution in [0, 0.1) is 0 Å². The first kappa shape index (κ1) is 14.5. The van der Waals surface area contributed by atoms with E-state index >= 15 is 0 Å². The molecule has 0 spiro atoms. The summed E-state index contributed by atoms with van der Waals surface area (Å²) < 4.78 is 21.9. The van der Waals surface area contributed by atoms with Crippen LogP contribution in [0.15, 0.2) is 22.7 Å². The number of rotatable bonds is 5. The second-order valence-electron chi connectivity index (χ2n) is 6.13. The minimum absolute atomic E-state index is 0.259. The normalized spacial score (nSPS) is 25.7. The lowest BCUT2D eigenvalue weighted by molar-refractivity contribution is 0.0974. The first-order valence-electron chi connectivity index (χ1n) is 7.95. The molecule has 2 fully saturated rings. The van der Waals surface area contributed by atoms with Crippen LogP contribution in [-0.4, -0.2) is 36.6 Å². The van der Waals surface area contributed by atoms with Crippen LogP contribution in [0.4, 0.5) is 0 Å². The van der Waals surface area contributed by atoms with Crippen LogP contribution in [-0.2, 0) is 11.2 Å². The van der Waals surface area contributed by atoms with Crippen molar-refractivity contribution in [1.29, 1.82) is 0 Å². The molecule has 2 saturated heterocycles. The molecular weight excluding hydrogens is 296 g/mol. The molecule has 0 N–H and O–H groups in total. The number of fused-ring (bicyclic) bond motifs is 2. The van der Waals surface area contributed by atoms with E-state index in [0.717, 1.165) is 24.8 Å². The summed E-state index contributed by atoms with van der Waals surface area (Å²) in [4.78, 5) is 4.57. The van der Waals surface area contributed by atoms with Gasteiger partial charge in [0.2, 0.25) is 5.89 Å². The Morgan fingerprint density at radius 3 is 2.74 bits per heavy atom. The van der Waals surface area contributed by atoms with Gasteiger partial charge in [0, 0.05) is 6.42 Å². The molecule has 0 amide bonds. The zero-order valence-corrected chi connectivity index (χ0v) is 13.3. The van der Waals surface area contributed by atoms with E-state index in [1.54, 1.807) is 14.2 Å². The molecule has 122 valence electrons. The molecule has 6 heteroatoms. The SMILES string of the molecule is COc1ccc(Cc2noc([C@H]3C[C@H]4CC[C@@H]3O4)n2)cc1OC. The van der Waals surface area contributed by atoms with E-state index in [4.69, 9.17) is 18.7 Å². The van der Waals surface area contributed by atoms with Gasteiger partial charge >= 0.3 is 0 Å². The molecule has 4 rings (SSSR count). The van der Waals surface area contributed by atoms with Gasteiger partial charge in [0.1, 0.15) is 0 Å². The van der Waals surface area contributed by atoms with E-state index in [1.807, 2.05) is 18.2 Å². The largest absolute Gasteiger partial charge is 0.493 e. The number of benzene rings is 1. The van der Waals surface area contributed by atoms with Crippen molar-refractivity contribution >= 4 is 0 Å². The molecule has 2 aromatic rings. The van der Waals surface area contributed by atoms with Crippen LogP contribution in [0.1, 0.15) is 42.5 Å². The van der Waals surface area contributed by atoms with E-state index < -0.39 is 0 Å². The predicted molar refractivity (Wildman–Crippen MR) is 81.9 cm³/mol. The fourth-order valence-corrected chi connectivity index (χ4v) is 3.56. The number of nitrogens with zero attached hydrogens (tertiary/aromatic N) is 2. The Bertz CT molecular complexity index is 700. The van der Waals surface area contributed by atoms with Crippen molar-refractivity contribution in [1.82, 2.24) is 10.1 Å². The van der Waals surface area contributed by atoms with Crippen molar-refractivity contribution in [3.8, 4) is 11.5 Å². The predicted octanol–water partition coefficient (Wildman–Crippen LogP) is 2.71. The van der Waals surface area contributed by atoms with Gasteiger partial charge in [-0.2, -0.15) is 4.98 Å². The Kier molecular flexibility index (Phi) is 3.69. The number of methoxy groups -OCH3 is 2. The Hall–Kier alpha value is -2.08. The summed E-state index contributed by atoms with van der Waals surface area (Å²) in [6, 6.07) is 5.81. The quantitative estimate of drug-likeness (QED) is 0.845. The maximum Gasteiger partial charge on any atom is 0.232 e. The van der Waals surface area contributed by atoms with Crippen molar-refractivity contribution in [2.24, 2.45) is 0 Å². The molecule has 0 unspecified atom stereocenters. The molecule has 0 saturated carbocycles. The van der Waals surface area contributed by atoms with Gasteiger partial charge in [0.15, 0.2) is 17.3 Å². The van der Waals surface area contributed by atoms with E-state index in [9.17, 15) is 0 Å². The van der Waals surface area contributed by atoms with Gasteiger partial charge in [0.05, 0.1) is 32.3 Å². The van der Waals surface area contributed by atoms with Crippen LogP contribution >= 0.6 is 0 Å². The van der Waals surface area contributed by atoms with Gasteiger partial charge in [-0.25, -0.2) is 0 Å². The van der Waals surface area contributed by atoms with Gasteiger partial charge < -0.3 is 18.7 Å². The fraction of sp³-hybridized carbons (Fsp3) is 0.529. The van der Waals surface area contributed by atoms with E-state index in [0.29, 0.717) is 35.7 Å². The molecule has 3 heterocycles. The topological polar surface area (TPSA) is 66.6 Å². The molecule has 2 bridgehead atoms. The third kappa shape index (κ3) is 2.67.